The minimum atomic E-state index is 0.812. The summed E-state index contributed by atoms with van der Waals surface area (Å²) < 4.78 is 5.44. The van der Waals surface area contributed by atoms with Crippen molar-refractivity contribution in [2.75, 3.05) is 36.5 Å². The molecule has 0 spiro atoms. The Morgan fingerprint density at radius 3 is 2.48 bits per heavy atom. The van der Waals surface area contributed by atoms with E-state index in [1.807, 2.05) is 0 Å². The topological polar surface area (TPSA) is 24.5 Å². The highest BCUT2D eigenvalue weighted by molar-refractivity contribution is 5.70. The monoisotopic (exact) mass is 282 g/mol. The van der Waals surface area contributed by atoms with E-state index in [1.165, 1.54) is 22.5 Å². The molecular formula is C18H22N2O. The maximum absolute atomic E-state index is 5.44. The van der Waals surface area contributed by atoms with Gasteiger partial charge in [0.1, 0.15) is 0 Å². The molecule has 110 valence electrons. The van der Waals surface area contributed by atoms with Gasteiger partial charge in [-0.25, -0.2) is 0 Å². The molecule has 1 heterocycles. The van der Waals surface area contributed by atoms with Crippen LogP contribution in [0.25, 0.3) is 0 Å². The van der Waals surface area contributed by atoms with Gasteiger partial charge in [-0.15, -0.1) is 0 Å². The first-order valence-corrected chi connectivity index (χ1v) is 7.54. The number of nitrogens with zero attached hydrogens (tertiary/aromatic N) is 1. The first-order chi connectivity index (χ1) is 10.3. The molecule has 2 aromatic carbocycles. The van der Waals surface area contributed by atoms with Crippen molar-refractivity contribution >= 4 is 11.4 Å². The molecule has 1 aliphatic rings. The Balaban J connectivity index is 1.71. The highest BCUT2D eigenvalue weighted by Gasteiger charge is 2.14. The quantitative estimate of drug-likeness (QED) is 0.929. The van der Waals surface area contributed by atoms with E-state index < -0.39 is 0 Å². The molecule has 0 bridgehead atoms. The van der Waals surface area contributed by atoms with Crippen LogP contribution in [0, 0.1) is 6.92 Å². The van der Waals surface area contributed by atoms with E-state index >= 15 is 0 Å². The summed E-state index contributed by atoms with van der Waals surface area (Å²) in [6.45, 7) is 6.51. The summed E-state index contributed by atoms with van der Waals surface area (Å²) >= 11 is 0. The van der Waals surface area contributed by atoms with E-state index in [0.29, 0.717) is 0 Å². The molecular weight excluding hydrogens is 260 g/mol. The van der Waals surface area contributed by atoms with Crippen LogP contribution < -0.4 is 10.2 Å². The van der Waals surface area contributed by atoms with Gasteiger partial charge >= 0.3 is 0 Å². The van der Waals surface area contributed by atoms with E-state index in [1.54, 1.807) is 0 Å². The van der Waals surface area contributed by atoms with Crippen LogP contribution in [0.15, 0.2) is 48.5 Å². The second-order valence-electron chi connectivity index (χ2n) is 5.46. The number of rotatable bonds is 4. The zero-order valence-corrected chi connectivity index (χ0v) is 12.5. The molecule has 1 saturated heterocycles. The Labute approximate surface area is 126 Å². The molecule has 0 aromatic heterocycles. The third-order valence-electron chi connectivity index (χ3n) is 3.86. The molecule has 2 aromatic rings. The summed E-state index contributed by atoms with van der Waals surface area (Å²) in [7, 11) is 0. The average Bonchev–Trinajstić information content (AvgIpc) is 2.55. The standard InChI is InChI=1S/C18H22N2O/c1-15-6-8-16(9-7-15)14-19-17-4-2-3-5-18(17)20-10-12-21-13-11-20/h2-9,19H,10-14H2,1H3. The first-order valence-electron chi connectivity index (χ1n) is 7.54. The SMILES string of the molecule is Cc1ccc(CNc2ccccc2N2CCOCC2)cc1. The van der Waals surface area contributed by atoms with E-state index in [2.05, 4.69) is 65.7 Å². The summed E-state index contributed by atoms with van der Waals surface area (Å²) in [5, 5.41) is 3.56. The summed E-state index contributed by atoms with van der Waals surface area (Å²) in [6, 6.07) is 17.2. The van der Waals surface area contributed by atoms with Gasteiger partial charge in [0.05, 0.1) is 24.6 Å². The lowest BCUT2D eigenvalue weighted by Gasteiger charge is -2.30. The van der Waals surface area contributed by atoms with Gasteiger partial charge in [-0.3, -0.25) is 0 Å². The van der Waals surface area contributed by atoms with Crippen LogP contribution in [0.1, 0.15) is 11.1 Å². The van der Waals surface area contributed by atoms with Gasteiger partial charge in [0, 0.05) is 19.6 Å². The number of hydrogen-bond acceptors (Lipinski definition) is 3. The second kappa shape index (κ2) is 6.64. The fourth-order valence-corrected chi connectivity index (χ4v) is 2.61. The normalized spacial score (nSPS) is 15.0. The van der Waals surface area contributed by atoms with Crippen molar-refractivity contribution in [1.29, 1.82) is 0 Å². The number of morpholine rings is 1. The molecule has 0 unspecified atom stereocenters. The Morgan fingerprint density at radius 2 is 1.71 bits per heavy atom. The molecule has 3 nitrogen and oxygen atoms in total. The molecule has 0 aliphatic carbocycles. The molecule has 3 heteroatoms. The zero-order valence-electron chi connectivity index (χ0n) is 12.5. The zero-order chi connectivity index (χ0) is 14.5. The summed E-state index contributed by atoms with van der Waals surface area (Å²) in [6.07, 6.45) is 0. The second-order valence-corrected chi connectivity index (χ2v) is 5.46. The Kier molecular flexibility index (Phi) is 4.41. The maximum atomic E-state index is 5.44. The molecule has 0 radical (unpaired) electrons. The van der Waals surface area contributed by atoms with E-state index in [4.69, 9.17) is 4.74 Å². The lowest BCUT2D eigenvalue weighted by molar-refractivity contribution is 0.123. The molecule has 0 atom stereocenters. The van der Waals surface area contributed by atoms with Gasteiger partial charge in [0.25, 0.3) is 0 Å². The van der Waals surface area contributed by atoms with Gasteiger partial charge in [-0.2, -0.15) is 0 Å². The Hall–Kier alpha value is -2.00. The van der Waals surface area contributed by atoms with Crippen LogP contribution in [0.5, 0.6) is 0 Å². The molecule has 3 rings (SSSR count). The number of ether oxygens (including phenoxy) is 1. The van der Waals surface area contributed by atoms with Gasteiger partial charge < -0.3 is 15.0 Å². The van der Waals surface area contributed by atoms with Crippen molar-refractivity contribution < 1.29 is 4.74 Å². The molecule has 1 fully saturated rings. The molecule has 1 aliphatic heterocycles. The summed E-state index contributed by atoms with van der Waals surface area (Å²) in [4.78, 5) is 2.39. The van der Waals surface area contributed by atoms with Gasteiger partial charge in [-0.05, 0) is 24.6 Å². The third kappa shape index (κ3) is 3.56. The number of aryl methyl sites for hydroxylation is 1. The average molecular weight is 282 g/mol. The Bertz CT molecular complexity index is 574. The van der Waals surface area contributed by atoms with Crippen molar-refractivity contribution in [1.82, 2.24) is 0 Å². The first kappa shape index (κ1) is 14.0. The Morgan fingerprint density at radius 1 is 1.00 bits per heavy atom. The van der Waals surface area contributed by atoms with E-state index in [-0.39, 0.29) is 0 Å². The largest absolute Gasteiger partial charge is 0.379 e. The van der Waals surface area contributed by atoms with Crippen LogP contribution in [0.4, 0.5) is 11.4 Å². The molecule has 0 saturated carbocycles. The van der Waals surface area contributed by atoms with Crippen LogP contribution in [0.2, 0.25) is 0 Å². The molecule has 1 N–H and O–H groups in total. The number of hydrogen-bond donors (Lipinski definition) is 1. The van der Waals surface area contributed by atoms with Crippen molar-refractivity contribution in [3.8, 4) is 0 Å². The van der Waals surface area contributed by atoms with Crippen molar-refractivity contribution in [3.05, 3.63) is 59.7 Å². The molecule has 21 heavy (non-hydrogen) atoms. The fraction of sp³-hybridized carbons (Fsp3) is 0.333. The number of nitrogens with one attached hydrogen (secondary N) is 1. The van der Waals surface area contributed by atoms with Crippen molar-refractivity contribution in [2.24, 2.45) is 0 Å². The van der Waals surface area contributed by atoms with Crippen molar-refractivity contribution in [2.45, 2.75) is 13.5 Å². The predicted octanol–water partition coefficient (Wildman–Crippen LogP) is 3.44. The number of benzene rings is 2. The fourth-order valence-electron chi connectivity index (χ4n) is 2.61. The lowest BCUT2D eigenvalue weighted by atomic mass is 10.1. The third-order valence-corrected chi connectivity index (χ3v) is 3.86. The highest BCUT2D eigenvalue weighted by atomic mass is 16.5. The predicted molar refractivity (Wildman–Crippen MR) is 88.0 cm³/mol. The summed E-state index contributed by atoms with van der Waals surface area (Å²) in [5.74, 6) is 0. The smallest absolute Gasteiger partial charge is 0.0642 e. The van der Waals surface area contributed by atoms with Crippen LogP contribution in [-0.2, 0) is 11.3 Å². The minimum Gasteiger partial charge on any atom is -0.379 e. The van der Waals surface area contributed by atoms with Crippen LogP contribution in [-0.4, -0.2) is 26.3 Å². The van der Waals surface area contributed by atoms with Crippen molar-refractivity contribution in [3.63, 3.8) is 0 Å². The number of para-hydroxylation sites is 2. The molecule has 0 amide bonds. The van der Waals surface area contributed by atoms with Gasteiger partial charge in [-0.1, -0.05) is 42.0 Å². The lowest BCUT2D eigenvalue weighted by Crippen LogP contribution is -2.36. The van der Waals surface area contributed by atoms with Gasteiger partial charge in [0.15, 0.2) is 0 Å². The maximum Gasteiger partial charge on any atom is 0.0642 e. The van der Waals surface area contributed by atoms with E-state index in [0.717, 1.165) is 32.8 Å². The minimum absolute atomic E-state index is 0.812. The van der Waals surface area contributed by atoms with Gasteiger partial charge in [0.2, 0.25) is 0 Å². The summed E-state index contributed by atoms with van der Waals surface area (Å²) in [5.41, 5.74) is 5.07. The van der Waals surface area contributed by atoms with Crippen LogP contribution in [0.3, 0.4) is 0 Å². The highest BCUT2D eigenvalue weighted by Crippen LogP contribution is 2.26. The van der Waals surface area contributed by atoms with Crippen LogP contribution >= 0.6 is 0 Å². The number of anilines is 2. The van der Waals surface area contributed by atoms with E-state index in [9.17, 15) is 0 Å².